The van der Waals surface area contributed by atoms with Crippen LogP contribution in [0.4, 0.5) is 8.78 Å². The van der Waals surface area contributed by atoms with Crippen molar-refractivity contribution in [3.05, 3.63) is 70.8 Å². The summed E-state index contributed by atoms with van der Waals surface area (Å²) < 4.78 is 27.4. The SMILES string of the molecule is NC(c1cccc(F)c1F)C1C2CCc3ccccc3C21. The smallest absolute Gasteiger partial charge is 0.163 e. The zero-order valence-corrected chi connectivity index (χ0v) is 11.6. The van der Waals surface area contributed by atoms with Gasteiger partial charge in [0.15, 0.2) is 11.6 Å². The zero-order valence-electron chi connectivity index (χ0n) is 11.6. The first-order valence-corrected chi connectivity index (χ1v) is 7.46. The average molecular weight is 285 g/mol. The van der Waals surface area contributed by atoms with Gasteiger partial charge in [-0.05, 0) is 47.8 Å². The molecular formula is C18H17F2N. The highest BCUT2D eigenvalue weighted by Crippen LogP contribution is 2.63. The van der Waals surface area contributed by atoms with E-state index in [1.165, 1.54) is 17.2 Å². The highest BCUT2D eigenvalue weighted by atomic mass is 19.2. The Labute approximate surface area is 122 Å². The Balaban J connectivity index is 1.66. The van der Waals surface area contributed by atoms with Crippen LogP contribution in [0.25, 0.3) is 0 Å². The molecule has 1 nitrogen and oxygen atoms in total. The molecule has 2 aliphatic rings. The molecule has 0 aliphatic heterocycles. The molecular weight excluding hydrogens is 268 g/mol. The van der Waals surface area contributed by atoms with Crippen molar-refractivity contribution in [2.45, 2.75) is 24.8 Å². The number of halogens is 2. The van der Waals surface area contributed by atoms with E-state index < -0.39 is 17.7 Å². The zero-order chi connectivity index (χ0) is 14.6. The number of aryl methyl sites for hydroxylation is 1. The summed E-state index contributed by atoms with van der Waals surface area (Å²) in [6.45, 7) is 0. The quantitative estimate of drug-likeness (QED) is 0.888. The lowest BCUT2D eigenvalue weighted by Crippen LogP contribution is -2.16. The Morgan fingerprint density at radius 2 is 1.86 bits per heavy atom. The van der Waals surface area contributed by atoms with Crippen LogP contribution < -0.4 is 5.73 Å². The third kappa shape index (κ3) is 1.91. The molecule has 3 heteroatoms. The van der Waals surface area contributed by atoms with E-state index in [1.807, 2.05) is 6.07 Å². The van der Waals surface area contributed by atoms with Crippen LogP contribution in [0.3, 0.4) is 0 Å². The number of benzene rings is 2. The normalized spacial score (nSPS) is 27.7. The van der Waals surface area contributed by atoms with E-state index >= 15 is 0 Å². The lowest BCUT2D eigenvalue weighted by atomic mass is 9.92. The van der Waals surface area contributed by atoms with E-state index in [9.17, 15) is 8.78 Å². The number of rotatable bonds is 2. The molecule has 0 spiro atoms. The van der Waals surface area contributed by atoms with Crippen molar-refractivity contribution < 1.29 is 8.78 Å². The summed E-state index contributed by atoms with van der Waals surface area (Å²) in [5.74, 6) is -0.455. The summed E-state index contributed by atoms with van der Waals surface area (Å²) in [5, 5.41) is 0. The average Bonchev–Trinajstić information content (AvgIpc) is 3.24. The molecule has 0 bridgehead atoms. The molecule has 4 unspecified atom stereocenters. The van der Waals surface area contributed by atoms with Gasteiger partial charge in [-0.25, -0.2) is 8.78 Å². The fraction of sp³-hybridized carbons (Fsp3) is 0.333. The molecule has 2 aliphatic carbocycles. The summed E-state index contributed by atoms with van der Waals surface area (Å²) in [6, 6.07) is 12.3. The first kappa shape index (κ1) is 13.0. The van der Waals surface area contributed by atoms with Crippen molar-refractivity contribution in [3.63, 3.8) is 0 Å². The Morgan fingerprint density at radius 3 is 2.71 bits per heavy atom. The van der Waals surface area contributed by atoms with Crippen LogP contribution in [0.1, 0.15) is 35.1 Å². The summed E-state index contributed by atoms with van der Waals surface area (Å²) in [7, 11) is 0. The third-order valence-electron chi connectivity index (χ3n) is 5.15. The highest BCUT2D eigenvalue weighted by molar-refractivity contribution is 5.41. The highest BCUT2D eigenvalue weighted by Gasteiger charge is 2.56. The monoisotopic (exact) mass is 285 g/mol. The molecule has 4 atom stereocenters. The van der Waals surface area contributed by atoms with Gasteiger partial charge in [0.25, 0.3) is 0 Å². The van der Waals surface area contributed by atoms with Gasteiger partial charge in [0, 0.05) is 11.6 Å². The molecule has 21 heavy (non-hydrogen) atoms. The molecule has 2 N–H and O–H groups in total. The molecule has 0 aromatic heterocycles. The van der Waals surface area contributed by atoms with Crippen molar-refractivity contribution in [1.29, 1.82) is 0 Å². The van der Waals surface area contributed by atoms with E-state index in [2.05, 4.69) is 18.2 Å². The number of hydrogen-bond acceptors (Lipinski definition) is 1. The summed E-state index contributed by atoms with van der Waals surface area (Å²) in [5.41, 5.74) is 9.33. The second-order valence-corrected chi connectivity index (χ2v) is 6.17. The molecule has 2 aromatic carbocycles. The molecule has 4 rings (SSSR count). The largest absolute Gasteiger partial charge is 0.324 e. The first-order chi connectivity index (χ1) is 10.2. The topological polar surface area (TPSA) is 26.0 Å². The number of nitrogens with two attached hydrogens (primary N) is 1. The molecule has 0 heterocycles. The van der Waals surface area contributed by atoms with Crippen molar-refractivity contribution in [2.24, 2.45) is 17.6 Å². The van der Waals surface area contributed by atoms with Gasteiger partial charge < -0.3 is 5.73 Å². The maximum Gasteiger partial charge on any atom is 0.163 e. The molecule has 0 saturated heterocycles. The van der Waals surface area contributed by atoms with Gasteiger partial charge in [-0.1, -0.05) is 36.4 Å². The molecule has 2 aromatic rings. The van der Waals surface area contributed by atoms with E-state index in [1.54, 1.807) is 6.07 Å². The Kier molecular flexibility index (Phi) is 2.86. The Bertz CT molecular complexity index is 697. The lowest BCUT2D eigenvalue weighted by molar-refractivity contribution is 0.470. The Hall–Kier alpha value is -1.74. The van der Waals surface area contributed by atoms with Crippen molar-refractivity contribution in [3.8, 4) is 0 Å². The molecule has 0 radical (unpaired) electrons. The second-order valence-electron chi connectivity index (χ2n) is 6.17. The Morgan fingerprint density at radius 1 is 1.05 bits per heavy atom. The minimum atomic E-state index is -0.813. The van der Waals surface area contributed by atoms with Gasteiger partial charge in [0.2, 0.25) is 0 Å². The van der Waals surface area contributed by atoms with E-state index in [-0.39, 0.29) is 5.92 Å². The lowest BCUT2D eigenvalue weighted by Gasteiger charge is -2.14. The van der Waals surface area contributed by atoms with Gasteiger partial charge >= 0.3 is 0 Å². The second kappa shape index (κ2) is 4.63. The van der Waals surface area contributed by atoms with Crippen LogP contribution in [0, 0.1) is 23.5 Å². The molecule has 0 amide bonds. The molecule has 108 valence electrons. The van der Waals surface area contributed by atoms with Gasteiger partial charge in [-0.15, -0.1) is 0 Å². The van der Waals surface area contributed by atoms with Crippen molar-refractivity contribution in [2.75, 3.05) is 0 Å². The van der Waals surface area contributed by atoms with E-state index in [4.69, 9.17) is 5.73 Å². The predicted octanol–water partition coefficient (Wildman–Crippen LogP) is 3.94. The van der Waals surface area contributed by atoms with Crippen LogP contribution in [-0.4, -0.2) is 0 Å². The van der Waals surface area contributed by atoms with Gasteiger partial charge in [-0.3, -0.25) is 0 Å². The van der Waals surface area contributed by atoms with Crippen LogP contribution in [0.15, 0.2) is 42.5 Å². The standard InChI is InChI=1S/C18H17F2N/c19-14-7-3-6-13(17(14)20)18(21)16-12-9-8-10-4-1-2-5-11(10)15(12)16/h1-7,12,15-16,18H,8-9,21H2. The minimum absolute atomic E-state index is 0.227. The van der Waals surface area contributed by atoms with Gasteiger partial charge in [-0.2, -0.15) is 0 Å². The summed E-state index contributed by atoms with van der Waals surface area (Å²) in [4.78, 5) is 0. The number of fused-ring (bicyclic) bond motifs is 3. The van der Waals surface area contributed by atoms with Crippen LogP contribution in [-0.2, 0) is 6.42 Å². The van der Waals surface area contributed by atoms with Crippen LogP contribution >= 0.6 is 0 Å². The first-order valence-electron chi connectivity index (χ1n) is 7.46. The summed E-state index contributed by atoms with van der Waals surface area (Å²) in [6.07, 6.45) is 2.16. The van der Waals surface area contributed by atoms with Crippen molar-refractivity contribution in [1.82, 2.24) is 0 Å². The summed E-state index contributed by atoms with van der Waals surface area (Å²) >= 11 is 0. The third-order valence-corrected chi connectivity index (χ3v) is 5.15. The fourth-order valence-corrected chi connectivity index (χ4v) is 4.09. The van der Waals surface area contributed by atoms with E-state index in [0.717, 1.165) is 18.9 Å². The fourth-order valence-electron chi connectivity index (χ4n) is 4.09. The molecule has 1 fully saturated rings. The van der Waals surface area contributed by atoms with Crippen molar-refractivity contribution >= 4 is 0 Å². The van der Waals surface area contributed by atoms with Crippen LogP contribution in [0.2, 0.25) is 0 Å². The minimum Gasteiger partial charge on any atom is -0.324 e. The van der Waals surface area contributed by atoms with Gasteiger partial charge in [0.1, 0.15) is 0 Å². The maximum atomic E-state index is 14.0. The molecule has 1 saturated carbocycles. The maximum absolute atomic E-state index is 14.0. The van der Waals surface area contributed by atoms with Gasteiger partial charge in [0.05, 0.1) is 0 Å². The van der Waals surface area contributed by atoms with E-state index in [0.29, 0.717) is 17.4 Å². The predicted molar refractivity (Wildman–Crippen MR) is 77.8 cm³/mol. The number of hydrogen-bond donors (Lipinski definition) is 1. The van der Waals surface area contributed by atoms with Crippen LogP contribution in [0.5, 0.6) is 0 Å².